The van der Waals surface area contributed by atoms with Gasteiger partial charge in [-0.3, -0.25) is 4.79 Å². The van der Waals surface area contributed by atoms with E-state index in [4.69, 9.17) is 4.74 Å². The lowest BCUT2D eigenvalue weighted by molar-refractivity contribution is -0.115. The third-order valence-electron chi connectivity index (χ3n) is 5.18. The second-order valence-electron chi connectivity index (χ2n) is 7.49. The van der Waals surface area contributed by atoms with Crippen molar-refractivity contribution in [1.29, 1.82) is 0 Å². The highest BCUT2D eigenvalue weighted by atomic mass is 32.2. The van der Waals surface area contributed by atoms with E-state index in [0.29, 0.717) is 12.3 Å². The van der Waals surface area contributed by atoms with Crippen LogP contribution >= 0.6 is 0 Å². The highest BCUT2D eigenvalue weighted by Crippen LogP contribution is 2.37. The van der Waals surface area contributed by atoms with E-state index in [2.05, 4.69) is 15.3 Å². The molecule has 1 amide bonds. The van der Waals surface area contributed by atoms with Gasteiger partial charge in [-0.05, 0) is 60.2 Å². The second kappa shape index (κ2) is 8.31. The number of hydrogen-bond donors (Lipinski definition) is 2. The molecule has 0 radical (unpaired) electrons. The summed E-state index contributed by atoms with van der Waals surface area (Å²) in [7, 11) is -3.25. The van der Waals surface area contributed by atoms with Crippen LogP contribution in [-0.4, -0.2) is 37.2 Å². The van der Waals surface area contributed by atoms with Gasteiger partial charge in [0.2, 0.25) is 5.91 Å². The van der Waals surface area contributed by atoms with Crippen LogP contribution in [0.5, 0.6) is 5.75 Å². The van der Waals surface area contributed by atoms with Gasteiger partial charge in [0.1, 0.15) is 5.75 Å². The Bertz CT molecular complexity index is 1140. The maximum atomic E-state index is 12.5. The zero-order chi connectivity index (χ0) is 21.1. The molecule has 2 heterocycles. The number of sulfone groups is 1. The number of hydrogen-bond acceptors (Lipinski definition) is 5. The Morgan fingerprint density at radius 2 is 2.03 bits per heavy atom. The van der Waals surface area contributed by atoms with Crippen molar-refractivity contribution in [2.24, 2.45) is 0 Å². The van der Waals surface area contributed by atoms with Crippen LogP contribution in [0.15, 0.2) is 59.9 Å². The lowest BCUT2D eigenvalue weighted by Gasteiger charge is -2.26. The fourth-order valence-electron chi connectivity index (χ4n) is 3.66. The van der Waals surface area contributed by atoms with Gasteiger partial charge in [-0.1, -0.05) is 12.1 Å². The molecule has 0 saturated heterocycles. The van der Waals surface area contributed by atoms with Crippen molar-refractivity contribution < 1.29 is 17.9 Å². The number of H-pyrrole nitrogens is 1. The number of carbonyl (C=O) groups excluding carboxylic acids is 1. The van der Waals surface area contributed by atoms with Gasteiger partial charge in [0.05, 0.1) is 29.9 Å². The second-order valence-corrected chi connectivity index (χ2v) is 9.51. The van der Waals surface area contributed by atoms with Gasteiger partial charge in [0, 0.05) is 18.1 Å². The first-order valence-corrected chi connectivity index (χ1v) is 11.6. The minimum absolute atomic E-state index is 0.161. The molecule has 1 aliphatic rings. The van der Waals surface area contributed by atoms with Crippen LogP contribution < -0.4 is 10.1 Å². The van der Waals surface area contributed by atoms with E-state index in [1.165, 1.54) is 12.1 Å². The van der Waals surface area contributed by atoms with E-state index in [-0.39, 0.29) is 23.1 Å². The number of amides is 1. The van der Waals surface area contributed by atoms with Crippen LogP contribution in [0.4, 0.5) is 5.69 Å². The monoisotopic (exact) mass is 425 g/mol. The normalized spacial score (nSPS) is 15.8. The van der Waals surface area contributed by atoms with E-state index in [1.54, 1.807) is 18.5 Å². The lowest BCUT2D eigenvalue weighted by Crippen LogP contribution is -2.18. The van der Waals surface area contributed by atoms with Crippen molar-refractivity contribution in [2.45, 2.75) is 30.1 Å². The SMILES string of the molecule is CS(=O)(=O)c1ccc(CC(=O)Nc2ccc3c(c2)C(Cc2c[nH]cn2)CCO3)cc1. The maximum absolute atomic E-state index is 12.5. The van der Waals surface area contributed by atoms with Crippen molar-refractivity contribution in [3.63, 3.8) is 0 Å². The molecule has 3 aromatic rings. The highest BCUT2D eigenvalue weighted by Gasteiger charge is 2.23. The topological polar surface area (TPSA) is 101 Å². The predicted octanol–water partition coefficient (Wildman–Crippen LogP) is 3.10. The average Bonchev–Trinajstić information content (AvgIpc) is 3.21. The Kier molecular flexibility index (Phi) is 5.59. The summed E-state index contributed by atoms with van der Waals surface area (Å²) in [6.07, 6.45) is 6.60. The molecule has 2 aromatic carbocycles. The summed E-state index contributed by atoms with van der Waals surface area (Å²) in [5, 5.41) is 2.93. The molecule has 0 bridgehead atoms. The smallest absolute Gasteiger partial charge is 0.228 e. The van der Waals surface area contributed by atoms with Gasteiger partial charge < -0.3 is 15.0 Å². The number of ether oxygens (including phenoxy) is 1. The molecule has 156 valence electrons. The summed E-state index contributed by atoms with van der Waals surface area (Å²) in [6, 6.07) is 12.1. The number of carbonyl (C=O) groups is 1. The highest BCUT2D eigenvalue weighted by molar-refractivity contribution is 7.90. The van der Waals surface area contributed by atoms with Crippen LogP contribution in [0.1, 0.15) is 29.2 Å². The summed E-state index contributed by atoms with van der Waals surface area (Å²) in [5.74, 6) is 0.955. The number of nitrogens with one attached hydrogen (secondary N) is 2. The number of benzene rings is 2. The first-order chi connectivity index (χ1) is 14.4. The molecule has 0 aliphatic carbocycles. The first kappa shape index (κ1) is 20.2. The molecule has 0 fully saturated rings. The van der Waals surface area contributed by atoms with Crippen molar-refractivity contribution >= 4 is 21.4 Å². The van der Waals surface area contributed by atoms with E-state index < -0.39 is 9.84 Å². The molecule has 1 aromatic heterocycles. The Hall–Kier alpha value is -3.13. The van der Waals surface area contributed by atoms with E-state index in [1.807, 2.05) is 24.4 Å². The molecule has 1 unspecified atom stereocenters. The van der Waals surface area contributed by atoms with Gasteiger partial charge in [0.25, 0.3) is 0 Å². The van der Waals surface area contributed by atoms with Gasteiger partial charge in [-0.25, -0.2) is 13.4 Å². The molecule has 8 heteroatoms. The standard InChI is InChI=1S/C22H23N3O4S/c1-30(27,28)19-5-2-15(3-6-19)10-22(26)25-17-4-7-21-20(12-17)16(8-9-29-21)11-18-13-23-14-24-18/h2-7,12-14,16H,8-11H2,1H3,(H,23,24)(H,25,26). The van der Waals surface area contributed by atoms with Crippen LogP contribution in [-0.2, 0) is 27.5 Å². The third-order valence-corrected chi connectivity index (χ3v) is 6.31. The fourth-order valence-corrected chi connectivity index (χ4v) is 4.29. The maximum Gasteiger partial charge on any atom is 0.228 e. The van der Waals surface area contributed by atoms with Crippen LogP contribution in [0.2, 0.25) is 0 Å². The summed E-state index contributed by atoms with van der Waals surface area (Å²) in [4.78, 5) is 20.0. The number of fused-ring (bicyclic) bond motifs is 1. The zero-order valence-corrected chi connectivity index (χ0v) is 17.4. The fraction of sp³-hybridized carbons (Fsp3) is 0.273. The van der Waals surface area contributed by atoms with Gasteiger partial charge >= 0.3 is 0 Å². The molecular formula is C22H23N3O4S. The molecule has 4 rings (SSSR count). The Morgan fingerprint density at radius 1 is 1.23 bits per heavy atom. The van der Waals surface area contributed by atoms with Crippen molar-refractivity contribution in [2.75, 3.05) is 18.2 Å². The summed E-state index contributed by atoms with van der Waals surface area (Å²) >= 11 is 0. The summed E-state index contributed by atoms with van der Waals surface area (Å²) in [6.45, 7) is 0.664. The number of rotatable bonds is 6. The molecule has 2 N–H and O–H groups in total. The van der Waals surface area contributed by atoms with Gasteiger partial charge in [-0.15, -0.1) is 0 Å². The summed E-state index contributed by atoms with van der Waals surface area (Å²) in [5.41, 5.74) is 3.53. The molecule has 7 nitrogen and oxygen atoms in total. The summed E-state index contributed by atoms with van der Waals surface area (Å²) < 4.78 is 28.9. The minimum Gasteiger partial charge on any atom is -0.493 e. The number of anilines is 1. The Balaban J connectivity index is 1.45. The molecule has 0 spiro atoms. The number of aromatic amines is 1. The average molecular weight is 426 g/mol. The third kappa shape index (κ3) is 4.71. The minimum atomic E-state index is -3.25. The Morgan fingerprint density at radius 3 is 2.73 bits per heavy atom. The van der Waals surface area contributed by atoms with E-state index >= 15 is 0 Å². The van der Waals surface area contributed by atoms with Gasteiger partial charge in [0.15, 0.2) is 9.84 Å². The van der Waals surface area contributed by atoms with Crippen molar-refractivity contribution in [1.82, 2.24) is 9.97 Å². The van der Waals surface area contributed by atoms with Crippen molar-refractivity contribution in [3.05, 3.63) is 71.8 Å². The van der Waals surface area contributed by atoms with Crippen LogP contribution in [0.3, 0.4) is 0 Å². The number of aromatic nitrogens is 2. The first-order valence-electron chi connectivity index (χ1n) is 9.72. The molecule has 1 atom stereocenters. The quantitative estimate of drug-likeness (QED) is 0.632. The Labute approximate surface area is 175 Å². The van der Waals surface area contributed by atoms with Crippen molar-refractivity contribution in [3.8, 4) is 5.75 Å². The molecule has 30 heavy (non-hydrogen) atoms. The molecule has 1 aliphatic heterocycles. The van der Waals surface area contributed by atoms with Crippen LogP contribution in [0.25, 0.3) is 0 Å². The van der Waals surface area contributed by atoms with E-state index in [9.17, 15) is 13.2 Å². The zero-order valence-electron chi connectivity index (χ0n) is 16.6. The number of imidazole rings is 1. The van der Waals surface area contributed by atoms with Gasteiger partial charge in [-0.2, -0.15) is 0 Å². The van der Waals surface area contributed by atoms with Crippen LogP contribution in [0, 0.1) is 0 Å². The largest absolute Gasteiger partial charge is 0.493 e. The molecular weight excluding hydrogens is 402 g/mol. The van der Waals surface area contributed by atoms with E-state index in [0.717, 1.165) is 41.7 Å². The number of nitrogens with zero attached hydrogens (tertiary/aromatic N) is 1. The lowest BCUT2D eigenvalue weighted by atomic mass is 9.89. The molecule has 0 saturated carbocycles. The predicted molar refractivity (Wildman–Crippen MR) is 113 cm³/mol.